The fraction of sp³-hybridized carbons (Fsp3) is 0.714. The van der Waals surface area contributed by atoms with Gasteiger partial charge in [-0.3, -0.25) is 0 Å². The molecule has 1 saturated carbocycles. The molecule has 0 saturated heterocycles. The van der Waals surface area contributed by atoms with E-state index in [4.69, 9.17) is 0 Å². The van der Waals surface area contributed by atoms with E-state index in [0.717, 1.165) is 5.92 Å². The van der Waals surface area contributed by atoms with Gasteiger partial charge in [-0.2, -0.15) is 0 Å². The van der Waals surface area contributed by atoms with Crippen LogP contribution in [0.3, 0.4) is 0 Å². The summed E-state index contributed by atoms with van der Waals surface area (Å²) in [6, 6.07) is 2.31. The summed E-state index contributed by atoms with van der Waals surface area (Å²) in [7, 11) is 0. The van der Waals surface area contributed by atoms with E-state index < -0.39 is 0 Å². The monoisotopic (exact) mass is 378 g/mol. The van der Waals surface area contributed by atoms with E-state index in [1.165, 1.54) is 59.2 Å². The molecule has 1 atom stereocenters. The van der Waals surface area contributed by atoms with Crippen LogP contribution < -0.4 is 0 Å². The van der Waals surface area contributed by atoms with Crippen molar-refractivity contribution >= 4 is 43.2 Å². The standard InChI is InChI=1S/C14H20Br2S/c1-10-9-13(17-14(10)16)12(15)8-7-11-5-3-2-4-6-11/h9,11-12H,2-8H2,1H3. The minimum Gasteiger partial charge on any atom is -0.132 e. The van der Waals surface area contributed by atoms with Gasteiger partial charge in [-0.05, 0) is 53.2 Å². The molecule has 0 aliphatic heterocycles. The molecule has 1 aromatic rings. The number of hydrogen-bond acceptors (Lipinski definition) is 1. The molecule has 0 spiro atoms. The smallest absolute Gasteiger partial charge is 0.0730 e. The lowest BCUT2D eigenvalue weighted by Gasteiger charge is -2.22. The van der Waals surface area contributed by atoms with Crippen molar-refractivity contribution in [2.75, 3.05) is 0 Å². The molecule has 0 aromatic carbocycles. The van der Waals surface area contributed by atoms with Crippen molar-refractivity contribution in [2.45, 2.75) is 56.7 Å². The van der Waals surface area contributed by atoms with Crippen LogP contribution in [-0.4, -0.2) is 0 Å². The predicted molar refractivity (Wildman–Crippen MR) is 84.2 cm³/mol. The summed E-state index contributed by atoms with van der Waals surface area (Å²) in [6.07, 6.45) is 10.00. The molecule has 1 aromatic heterocycles. The molecule has 2 rings (SSSR count). The van der Waals surface area contributed by atoms with Crippen molar-refractivity contribution in [1.82, 2.24) is 0 Å². The van der Waals surface area contributed by atoms with Crippen molar-refractivity contribution in [1.29, 1.82) is 0 Å². The topological polar surface area (TPSA) is 0 Å². The van der Waals surface area contributed by atoms with E-state index in [0.29, 0.717) is 4.83 Å². The molecule has 1 fully saturated rings. The first-order valence-corrected chi connectivity index (χ1v) is 9.09. The van der Waals surface area contributed by atoms with Crippen molar-refractivity contribution in [3.63, 3.8) is 0 Å². The number of alkyl halides is 1. The summed E-state index contributed by atoms with van der Waals surface area (Å²) in [4.78, 5) is 2.03. The van der Waals surface area contributed by atoms with Gasteiger partial charge in [0, 0.05) is 9.70 Å². The Bertz CT molecular complexity index is 334. The van der Waals surface area contributed by atoms with Crippen LogP contribution in [0.4, 0.5) is 0 Å². The zero-order valence-corrected chi connectivity index (χ0v) is 14.3. The van der Waals surface area contributed by atoms with E-state index in [1.54, 1.807) is 0 Å². The minimum atomic E-state index is 0.555. The molecule has 0 amide bonds. The predicted octanol–water partition coefficient (Wildman–Crippen LogP) is 6.62. The maximum Gasteiger partial charge on any atom is 0.0730 e. The molecule has 1 aliphatic carbocycles. The Labute approximate surface area is 125 Å². The summed E-state index contributed by atoms with van der Waals surface area (Å²) in [6.45, 7) is 2.17. The zero-order chi connectivity index (χ0) is 12.3. The number of thiophene rings is 1. The Morgan fingerprint density at radius 1 is 1.35 bits per heavy atom. The Morgan fingerprint density at radius 2 is 2.06 bits per heavy atom. The molecule has 0 bridgehead atoms. The lowest BCUT2D eigenvalue weighted by molar-refractivity contribution is 0.332. The van der Waals surface area contributed by atoms with Gasteiger partial charge in [0.2, 0.25) is 0 Å². The molecule has 0 nitrogen and oxygen atoms in total. The lowest BCUT2D eigenvalue weighted by Crippen LogP contribution is -2.06. The molecule has 17 heavy (non-hydrogen) atoms. The van der Waals surface area contributed by atoms with Crippen LogP contribution in [0.15, 0.2) is 9.85 Å². The second-order valence-electron chi connectivity index (χ2n) is 5.15. The molecule has 1 unspecified atom stereocenters. The summed E-state index contributed by atoms with van der Waals surface area (Å²) < 4.78 is 1.29. The van der Waals surface area contributed by atoms with Gasteiger partial charge in [-0.1, -0.05) is 48.0 Å². The molecule has 96 valence electrons. The number of halogens is 2. The fourth-order valence-corrected chi connectivity index (χ4v) is 4.90. The highest BCUT2D eigenvalue weighted by Crippen LogP contribution is 2.39. The Kier molecular flexibility index (Phi) is 5.56. The third kappa shape index (κ3) is 4.07. The second kappa shape index (κ2) is 6.72. The lowest BCUT2D eigenvalue weighted by atomic mass is 9.86. The van der Waals surface area contributed by atoms with E-state index in [9.17, 15) is 0 Å². The number of hydrogen-bond donors (Lipinski definition) is 0. The highest BCUT2D eigenvalue weighted by atomic mass is 79.9. The minimum absolute atomic E-state index is 0.555. The van der Waals surface area contributed by atoms with Crippen LogP contribution >= 0.6 is 43.2 Å². The van der Waals surface area contributed by atoms with Crippen LogP contribution in [0.2, 0.25) is 0 Å². The second-order valence-corrected chi connectivity index (χ2v) is 8.66. The maximum atomic E-state index is 3.85. The molecule has 3 heteroatoms. The molecule has 1 aliphatic rings. The van der Waals surface area contributed by atoms with Gasteiger partial charge in [-0.25, -0.2) is 0 Å². The van der Waals surface area contributed by atoms with E-state index in [2.05, 4.69) is 44.8 Å². The van der Waals surface area contributed by atoms with Crippen molar-refractivity contribution in [2.24, 2.45) is 5.92 Å². The average molecular weight is 380 g/mol. The van der Waals surface area contributed by atoms with Gasteiger partial charge in [-0.15, -0.1) is 11.3 Å². The normalized spacial score (nSPS) is 19.5. The quantitative estimate of drug-likeness (QED) is 0.516. The van der Waals surface area contributed by atoms with Crippen LogP contribution in [0.1, 0.15) is 60.2 Å². The summed E-state index contributed by atoms with van der Waals surface area (Å²) in [5, 5.41) is 0. The molecule has 1 heterocycles. The Balaban J connectivity index is 1.82. The third-order valence-electron chi connectivity index (χ3n) is 3.74. The van der Waals surface area contributed by atoms with E-state index in [-0.39, 0.29) is 0 Å². The average Bonchev–Trinajstić information content (AvgIpc) is 2.68. The Hall–Kier alpha value is 0.660. The summed E-state index contributed by atoms with van der Waals surface area (Å²) >= 11 is 9.34. The van der Waals surface area contributed by atoms with E-state index in [1.807, 2.05) is 11.3 Å². The third-order valence-corrected chi connectivity index (χ3v) is 7.24. The SMILES string of the molecule is Cc1cc(C(Br)CCC2CCCCC2)sc1Br. The number of rotatable bonds is 4. The first kappa shape index (κ1) is 14.1. The largest absolute Gasteiger partial charge is 0.132 e. The van der Waals surface area contributed by atoms with Crippen LogP contribution in [0, 0.1) is 12.8 Å². The maximum absolute atomic E-state index is 3.85. The van der Waals surface area contributed by atoms with Gasteiger partial charge < -0.3 is 0 Å². The van der Waals surface area contributed by atoms with Crippen molar-refractivity contribution in [3.05, 3.63) is 20.3 Å². The first-order valence-electron chi connectivity index (χ1n) is 6.56. The number of aryl methyl sites for hydroxylation is 1. The molecular formula is C14H20Br2S. The highest BCUT2D eigenvalue weighted by molar-refractivity contribution is 9.11. The Morgan fingerprint density at radius 3 is 2.65 bits per heavy atom. The summed E-state index contributed by atoms with van der Waals surface area (Å²) in [5.74, 6) is 0.994. The van der Waals surface area contributed by atoms with Crippen LogP contribution in [0.25, 0.3) is 0 Å². The first-order chi connectivity index (χ1) is 8.16. The zero-order valence-electron chi connectivity index (χ0n) is 10.3. The van der Waals surface area contributed by atoms with Gasteiger partial charge in [0.25, 0.3) is 0 Å². The van der Waals surface area contributed by atoms with Gasteiger partial charge in [0.05, 0.1) is 3.79 Å². The van der Waals surface area contributed by atoms with Gasteiger partial charge in [0.15, 0.2) is 0 Å². The van der Waals surface area contributed by atoms with Crippen LogP contribution in [-0.2, 0) is 0 Å². The highest BCUT2D eigenvalue weighted by Gasteiger charge is 2.17. The van der Waals surface area contributed by atoms with E-state index >= 15 is 0 Å². The van der Waals surface area contributed by atoms with Crippen molar-refractivity contribution < 1.29 is 0 Å². The molecular weight excluding hydrogens is 360 g/mol. The molecule has 0 radical (unpaired) electrons. The van der Waals surface area contributed by atoms with Crippen LogP contribution in [0.5, 0.6) is 0 Å². The fourth-order valence-electron chi connectivity index (χ4n) is 2.64. The summed E-state index contributed by atoms with van der Waals surface area (Å²) in [5.41, 5.74) is 1.37. The molecule has 0 N–H and O–H groups in total. The van der Waals surface area contributed by atoms with Gasteiger partial charge in [0.1, 0.15) is 0 Å². The van der Waals surface area contributed by atoms with Crippen molar-refractivity contribution in [3.8, 4) is 0 Å². The van der Waals surface area contributed by atoms with Gasteiger partial charge >= 0.3 is 0 Å².